The van der Waals surface area contributed by atoms with Gasteiger partial charge in [-0.3, -0.25) is 4.90 Å². The fourth-order valence-electron chi connectivity index (χ4n) is 2.59. The molecule has 0 bridgehead atoms. The van der Waals surface area contributed by atoms with E-state index in [9.17, 15) is 5.11 Å². The monoisotopic (exact) mass is 261 g/mol. The standard InChI is InChI=1S/C15H19NOS/c1-15(17)6-8-16(9-7-15)10-12-11-18-14-5-3-2-4-13(12)14/h2-5,11,17H,6-10H2,1H3. The molecule has 0 atom stereocenters. The Morgan fingerprint density at radius 2 is 2.00 bits per heavy atom. The van der Waals surface area contributed by atoms with Gasteiger partial charge in [-0.2, -0.15) is 0 Å². The van der Waals surface area contributed by atoms with Crippen LogP contribution in [0.5, 0.6) is 0 Å². The molecule has 1 N–H and O–H groups in total. The number of hydrogen-bond acceptors (Lipinski definition) is 3. The predicted octanol–water partition coefficient (Wildman–Crippen LogP) is 3.25. The minimum atomic E-state index is -0.451. The van der Waals surface area contributed by atoms with Crippen LogP contribution in [0.15, 0.2) is 29.6 Å². The number of likely N-dealkylation sites (tertiary alicyclic amines) is 1. The summed E-state index contributed by atoms with van der Waals surface area (Å²) in [4.78, 5) is 2.45. The average molecular weight is 261 g/mol. The van der Waals surface area contributed by atoms with Crippen LogP contribution in [0, 0.1) is 0 Å². The van der Waals surface area contributed by atoms with E-state index in [4.69, 9.17) is 0 Å². The Balaban J connectivity index is 1.74. The van der Waals surface area contributed by atoms with Gasteiger partial charge in [0.2, 0.25) is 0 Å². The van der Waals surface area contributed by atoms with Gasteiger partial charge in [0.15, 0.2) is 0 Å². The van der Waals surface area contributed by atoms with Crippen molar-refractivity contribution in [1.29, 1.82) is 0 Å². The molecule has 3 rings (SSSR count). The maximum Gasteiger partial charge on any atom is 0.0644 e. The Kier molecular flexibility index (Phi) is 3.14. The van der Waals surface area contributed by atoms with Crippen molar-refractivity contribution < 1.29 is 5.11 Å². The van der Waals surface area contributed by atoms with Gasteiger partial charge in [-0.1, -0.05) is 18.2 Å². The van der Waals surface area contributed by atoms with Crippen molar-refractivity contribution in [2.24, 2.45) is 0 Å². The molecule has 2 heterocycles. The van der Waals surface area contributed by atoms with E-state index in [0.717, 1.165) is 32.5 Å². The molecule has 1 fully saturated rings. The van der Waals surface area contributed by atoms with Crippen LogP contribution in [0.1, 0.15) is 25.3 Å². The van der Waals surface area contributed by atoms with Crippen LogP contribution >= 0.6 is 11.3 Å². The van der Waals surface area contributed by atoms with E-state index in [2.05, 4.69) is 34.5 Å². The molecule has 0 radical (unpaired) electrons. The highest BCUT2D eigenvalue weighted by atomic mass is 32.1. The first kappa shape index (κ1) is 12.2. The smallest absolute Gasteiger partial charge is 0.0644 e. The van der Waals surface area contributed by atoms with Crippen LogP contribution < -0.4 is 0 Å². The molecule has 1 aromatic carbocycles. The first-order valence-electron chi connectivity index (χ1n) is 6.54. The van der Waals surface area contributed by atoms with Crippen LogP contribution in [-0.4, -0.2) is 28.7 Å². The summed E-state index contributed by atoms with van der Waals surface area (Å²) < 4.78 is 1.37. The van der Waals surface area contributed by atoms with Gasteiger partial charge in [0.1, 0.15) is 0 Å². The van der Waals surface area contributed by atoms with Crippen molar-refractivity contribution in [1.82, 2.24) is 4.90 Å². The summed E-state index contributed by atoms with van der Waals surface area (Å²) in [5.41, 5.74) is 0.977. The fourth-order valence-corrected chi connectivity index (χ4v) is 3.54. The molecule has 96 valence electrons. The molecule has 1 saturated heterocycles. The van der Waals surface area contributed by atoms with Crippen molar-refractivity contribution in [3.05, 3.63) is 35.2 Å². The molecule has 2 aromatic rings. The van der Waals surface area contributed by atoms with Gasteiger partial charge in [0.05, 0.1) is 5.60 Å². The van der Waals surface area contributed by atoms with Gasteiger partial charge < -0.3 is 5.11 Å². The Morgan fingerprint density at radius 3 is 2.78 bits per heavy atom. The van der Waals surface area contributed by atoms with Crippen molar-refractivity contribution in [2.75, 3.05) is 13.1 Å². The minimum absolute atomic E-state index is 0.451. The van der Waals surface area contributed by atoms with Gasteiger partial charge >= 0.3 is 0 Å². The lowest BCUT2D eigenvalue weighted by Crippen LogP contribution is -2.41. The van der Waals surface area contributed by atoms with E-state index >= 15 is 0 Å². The van der Waals surface area contributed by atoms with Crippen LogP contribution in [0.3, 0.4) is 0 Å². The molecule has 3 heteroatoms. The fraction of sp³-hybridized carbons (Fsp3) is 0.467. The van der Waals surface area contributed by atoms with Crippen molar-refractivity contribution in [2.45, 2.75) is 31.9 Å². The van der Waals surface area contributed by atoms with E-state index in [-0.39, 0.29) is 0 Å². The highest BCUT2D eigenvalue weighted by molar-refractivity contribution is 7.17. The molecule has 1 aliphatic heterocycles. The topological polar surface area (TPSA) is 23.5 Å². The number of hydrogen-bond donors (Lipinski definition) is 1. The first-order valence-corrected chi connectivity index (χ1v) is 7.42. The quantitative estimate of drug-likeness (QED) is 0.897. The summed E-state index contributed by atoms with van der Waals surface area (Å²) in [6, 6.07) is 8.60. The zero-order valence-electron chi connectivity index (χ0n) is 10.7. The number of benzene rings is 1. The van der Waals surface area contributed by atoms with Gasteiger partial charge in [0.25, 0.3) is 0 Å². The second-order valence-corrected chi connectivity index (χ2v) is 6.44. The van der Waals surface area contributed by atoms with Gasteiger partial charge in [-0.05, 0) is 42.2 Å². The number of thiophene rings is 1. The average Bonchev–Trinajstić information content (AvgIpc) is 2.76. The molecule has 0 aliphatic carbocycles. The number of piperidine rings is 1. The first-order chi connectivity index (χ1) is 8.64. The van der Waals surface area contributed by atoms with Crippen LogP contribution in [0.4, 0.5) is 0 Å². The van der Waals surface area contributed by atoms with Crippen LogP contribution in [0.25, 0.3) is 10.1 Å². The summed E-state index contributed by atoms with van der Waals surface area (Å²) in [6.07, 6.45) is 1.77. The van der Waals surface area contributed by atoms with Gasteiger partial charge in [-0.15, -0.1) is 11.3 Å². The Labute approximate surface area is 112 Å². The number of aliphatic hydroxyl groups is 1. The molecular formula is C15H19NOS. The summed E-state index contributed by atoms with van der Waals surface area (Å²) >= 11 is 1.83. The lowest BCUT2D eigenvalue weighted by atomic mass is 9.93. The molecule has 0 amide bonds. The number of fused-ring (bicyclic) bond motifs is 1. The third-order valence-electron chi connectivity index (χ3n) is 3.89. The summed E-state index contributed by atoms with van der Waals surface area (Å²) in [6.45, 7) is 4.96. The molecular weight excluding hydrogens is 242 g/mol. The normalized spacial score (nSPS) is 20.3. The van der Waals surface area contributed by atoms with E-state index in [1.165, 1.54) is 15.6 Å². The Hall–Kier alpha value is -0.900. The maximum absolute atomic E-state index is 9.97. The van der Waals surface area contributed by atoms with E-state index in [1.54, 1.807) is 0 Å². The van der Waals surface area contributed by atoms with Crippen LogP contribution in [0.2, 0.25) is 0 Å². The van der Waals surface area contributed by atoms with Gasteiger partial charge in [-0.25, -0.2) is 0 Å². The lowest BCUT2D eigenvalue weighted by molar-refractivity contribution is -0.00718. The molecule has 2 nitrogen and oxygen atoms in total. The lowest BCUT2D eigenvalue weighted by Gasteiger charge is -2.35. The van der Waals surface area contributed by atoms with Crippen LogP contribution in [-0.2, 0) is 6.54 Å². The highest BCUT2D eigenvalue weighted by Crippen LogP contribution is 2.28. The molecule has 18 heavy (non-hydrogen) atoms. The number of nitrogens with zero attached hydrogens (tertiary/aromatic N) is 1. The second kappa shape index (κ2) is 4.65. The summed E-state index contributed by atoms with van der Waals surface area (Å²) in [7, 11) is 0. The SMILES string of the molecule is CC1(O)CCN(Cc2csc3ccccc23)CC1. The second-order valence-electron chi connectivity index (χ2n) is 5.53. The maximum atomic E-state index is 9.97. The van der Waals surface area contributed by atoms with Crippen molar-refractivity contribution >= 4 is 21.4 Å². The minimum Gasteiger partial charge on any atom is -0.390 e. The zero-order valence-corrected chi connectivity index (χ0v) is 11.5. The Morgan fingerprint density at radius 1 is 1.28 bits per heavy atom. The molecule has 0 saturated carbocycles. The van der Waals surface area contributed by atoms with Crippen molar-refractivity contribution in [3.63, 3.8) is 0 Å². The summed E-state index contributed by atoms with van der Waals surface area (Å²) in [5, 5.41) is 13.6. The van der Waals surface area contributed by atoms with E-state index < -0.39 is 5.60 Å². The zero-order chi connectivity index (χ0) is 12.6. The third-order valence-corrected chi connectivity index (χ3v) is 4.90. The molecule has 1 aromatic heterocycles. The predicted molar refractivity (Wildman–Crippen MR) is 77.0 cm³/mol. The highest BCUT2D eigenvalue weighted by Gasteiger charge is 2.27. The number of rotatable bonds is 2. The van der Waals surface area contributed by atoms with Crippen molar-refractivity contribution in [3.8, 4) is 0 Å². The largest absolute Gasteiger partial charge is 0.390 e. The molecule has 1 aliphatic rings. The third kappa shape index (κ3) is 2.44. The van der Waals surface area contributed by atoms with E-state index in [1.807, 2.05) is 18.3 Å². The molecule has 0 spiro atoms. The summed E-state index contributed by atoms with van der Waals surface area (Å²) in [5.74, 6) is 0. The van der Waals surface area contributed by atoms with Gasteiger partial charge in [0, 0.05) is 24.3 Å². The van der Waals surface area contributed by atoms with E-state index in [0.29, 0.717) is 0 Å². The Bertz CT molecular complexity index is 536. The molecule has 0 unspecified atom stereocenters.